The fourth-order valence-electron chi connectivity index (χ4n) is 3.57. The van der Waals surface area contributed by atoms with Gasteiger partial charge in [0.25, 0.3) is 11.5 Å². The van der Waals surface area contributed by atoms with Crippen LogP contribution in [-0.4, -0.2) is 41.6 Å². The maximum absolute atomic E-state index is 12.7. The van der Waals surface area contributed by atoms with Gasteiger partial charge in [-0.15, -0.1) is 0 Å². The number of nitrogens with one attached hydrogen (secondary N) is 3. The minimum atomic E-state index is -3.64. The number of nitrogens with zero attached hydrogens (tertiary/aromatic N) is 1. The third-order valence-electron chi connectivity index (χ3n) is 5.37. The minimum absolute atomic E-state index is 0.0336. The Morgan fingerprint density at radius 1 is 1.23 bits per heavy atom. The number of aromatic nitrogens is 2. The number of nitrogens with two attached hydrogens (primary N) is 2. The largest absolute Gasteiger partial charge is 0.365 e. The fraction of sp³-hybridized carbons (Fsp3) is 0.450. The zero-order chi connectivity index (χ0) is 22.8. The molecule has 1 saturated carbocycles. The summed E-state index contributed by atoms with van der Waals surface area (Å²) in [5.74, 6) is -0.986. The molecular weight excluding hydrogens is 420 g/mol. The molecule has 168 valence electrons. The van der Waals surface area contributed by atoms with Crippen LogP contribution in [0.25, 0.3) is 0 Å². The number of sulfone groups is 1. The van der Waals surface area contributed by atoms with Gasteiger partial charge in [0.15, 0.2) is 15.7 Å². The number of anilines is 3. The molecule has 2 atom stereocenters. The number of primary amides is 1. The van der Waals surface area contributed by atoms with Crippen LogP contribution in [-0.2, 0) is 9.84 Å². The summed E-state index contributed by atoms with van der Waals surface area (Å²) in [5.41, 5.74) is 10.6. The number of amides is 1. The highest BCUT2D eigenvalue weighted by Gasteiger charge is 2.26. The average molecular weight is 449 g/mol. The summed E-state index contributed by atoms with van der Waals surface area (Å²) in [5, 5.41) is 5.29. The molecule has 11 heteroatoms. The van der Waals surface area contributed by atoms with E-state index in [0.717, 1.165) is 25.7 Å². The number of carbonyl (C=O) groups excluding carboxylic acids is 1. The predicted molar refractivity (Wildman–Crippen MR) is 119 cm³/mol. The Balaban J connectivity index is 2.04. The van der Waals surface area contributed by atoms with Crippen molar-refractivity contribution < 1.29 is 13.2 Å². The van der Waals surface area contributed by atoms with E-state index in [0.29, 0.717) is 0 Å². The minimum Gasteiger partial charge on any atom is -0.365 e. The van der Waals surface area contributed by atoms with Crippen molar-refractivity contribution in [3.8, 4) is 0 Å². The molecule has 0 aliphatic heterocycles. The molecule has 0 spiro atoms. The lowest BCUT2D eigenvalue weighted by molar-refractivity contribution is 0.0999. The third kappa shape index (κ3) is 4.88. The normalized spacial score (nSPS) is 19.2. The van der Waals surface area contributed by atoms with E-state index in [-0.39, 0.29) is 34.4 Å². The van der Waals surface area contributed by atoms with Gasteiger partial charge in [0.2, 0.25) is 5.95 Å². The molecule has 1 aromatic heterocycles. The summed E-state index contributed by atoms with van der Waals surface area (Å²) >= 11 is 0. The second kappa shape index (κ2) is 9.06. The van der Waals surface area contributed by atoms with Crippen molar-refractivity contribution in [2.75, 3.05) is 10.6 Å². The van der Waals surface area contributed by atoms with Crippen molar-refractivity contribution in [1.29, 1.82) is 0 Å². The molecule has 0 bridgehead atoms. The Labute approximate surface area is 180 Å². The SMILES string of the molecule is CC(C)S(=O)(=O)c1ccccc1Nc1nc(N[C@@H]2CCCC[C@@H]2N)[nH]c(=O)c1C(N)=O. The van der Waals surface area contributed by atoms with Crippen LogP contribution in [0.15, 0.2) is 34.0 Å². The van der Waals surface area contributed by atoms with Gasteiger partial charge in [0, 0.05) is 12.1 Å². The summed E-state index contributed by atoms with van der Waals surface area (Å²) in [6.07, 6.45) is 3.71. The molecular formula is C20H28N6O4S. The van der Waals surface area contributed by atoms with Crippen LogP contribution in [0.4, 0.5) is 17.5 Å². The lowest BCUT2D eigenvalue weighted by Gasteiger charge is -2.29. The standard InChI is InChI=1S/C20H28N6O4S/c1-11(2)31(29,30)15-10-6-5-9-14(15)23-18-16(17(22)27)19(28)26-20(25-18)24-13-8-4-3-7-12(13)21/h5-6,9-13H,3-4,7-8,21H2,1-2H3,(H2,22,27)(H3,23,24,25,26,28)/t12-,13+/m0/s1. The average Bonchev–Trinajstić information content (AvgIpc) is 2.69. The highest BCUT2D eigenvalue weighted by molar-refractivity contribution is 7.92. The number of para-hydroxylation sites is 1. The first-order valence-electron chi connectivity index (χ1n) is 10.2. The monoisotopic (exact) mass is 448 g/mol. The van der Waals surface area contributed by atoms with Crippen LogP contribution in [0.2, 0.25) is 0 Å². The molecule has 7 N–H and O–H groups in total. The summed E-state index contributed by atoms with van der Waals surface area (Å²) < 4.78 is 25.5. The number of benzene rings is 1. The Hall–Kier alpha value is -2.92. The topological polar surface area (TPSA) is 173 Å². The number of H-pyrrole nitrogens is 1. The van der Waals surface area contributed by atoms with Gasteiger partial charge in [-0.05, 0) is 38.8 Å². The highest BCUT2D eigenvalue weighted by atomic mass is 32.2. The van der Waals surface area contributed by atoms with Crippen molar-refractivity contribution in [2.45, 2.75) is 61.8 Å². The van der Waals surface area contributed by atoms with E-state index < -0.39 is 32.1 Å². The number of carbonyl (C=O) groups is 1. The van der Waals surface area contributed by atoms with Gasteiger partial charge in [0.1, 0.15) is 5.56 Å². The summed E-state index contributed by atoms with van der Waals surface area (Å²) in [6.45, 7) is 3.14. The van der Waals surface area contributed by atoms with Gasteiger partial charge >= 0.3 is 0 Å². The molecule has 0 radical (unpaired) electrons. The van der Waals surface area contributed by atoms with E-state index in [2.05, 4.69) is 20.6 Å². The van der Waals surface area contributed by atoms with Crippen molar-refractivity contribution in [2.24, 2.45) is 11.5 Å². The van der Waals surface area contributed by atoms with E-state index in [1.165, 1.54) is 12.1 Å². The van der Waals surface area contributed by atoms with E-state index >= 15 is 0 Å². The lowest BCUT2D eigenvalue weighted by Crippen LogP contribution is -2.43. The maximum Gasteiger partial charge on any atom is 0.267 e. The highest BCUT2D eigenvalue weighted by Crippen LogP contribution is 2.28. The zero-order valence-corrected chi connectivity index (χ0v) is 18.3. The van der Waals surface area contributed by atoms with Gasteiger partial charge in [0.05, 0.1) is 15.8 Å². The van der Waals surface area contributed by atoms with E-state index in [9.17, 15) is 18.0 Å². The predicted octanol–water partition coefficient (Wildman–Crippen LogP) is 1.48. The number of hydrogen-bond donors (Lipinski definition) is 5. The number of aromatic amines is 1. The maximum atomic E-state index is 12.7. The van der Waals surface area contributed by atoms with Crippen LogP contribution in [0, 0.1) is 0 Å². The van der Waals surface area contributed by atoms with Crippen LogP contribution in [0.5, 0.6) is 0 Å². The summed E-state index contributed by atoms with van der Waals surface area (Å²) in [4.78, 5) is 31.4. The number of rotatable bonds is 7. The van der Waals surface area contributed by atoms with E-state index in [1.807, 2.05) is 0 Å². The first kappa shape index (κ1) is 22.8. The summed E-state index contributed by atoms with van der Waals surface area (Å²) in [7, 11) is -3.64. The second-order valence-corrected chi connectivity index (χ2v) is 10.4. The molecule has 31 heavy (non-hydrogen) atoms. The Kier molecular flexibility index (Phi) is 6.65. The van der Waals surface area contributed by atoms with Crippen LogP contribution < -0.4 is 27.7 Å². The van der Waals surface area contributed by atoms with Crippen molar-refractivity contribution in [3.63, 3.8) is 0 Å². The zero-order valence-electron chi connectivity index (χ0n) is 17.5. The van der Waals surface area contributed by atoms with Crippen molar-refractivity contribution in [3.05, 3.63) is 40.2 Å². The molecule has 0 unspecified atom stereocenters. The second-order valence-electron chi connectivity index (χ2n) is 7.92. The molecule has 1 heterocycles. The summed E-state index contributed by atoms with van der Waals surface area (Å²) in [6, 6.07) is 6.04. The van der Waals surface area contributed by atoms with Gasteiger partial charge in [-0.2, -0.15) is 4.98 Å². The van der Waals surface area contributed by atoms with Gasteiger partial charge in [-0.25, -0.2) is 8.42 Å². The van der Waals surface area contributed by atoms with Crippen molar-refractivity contribution >= 4 is 33.2 Å². The molecule has 10 nitrogen and oxygen atoms in total. The molecule has 0 saturated heterocycles. The van der Waals surface area contributed by atoms with Crippen LogP contribution >= 0.6 is 0 Å². The molecule has 1 aliphatic rings. The van der Waals surface area contributed by atoms with Crippen molar-refractivity contribution in [1.82, 2.24) is 9.97 Å². The molecule has 3 rings (SSSR count). The van der Waals surface area contributed by atoms with Gasteiger partial charge < -0.3 is 22.1 Å². The first-order chi connectivity index (χ1) is 14.6. The molecule has 2 aromatic rings. The van der Waals surface area contributed by atoms with Gasteiger partial charge in [-0.3, -0.25) is 14.6 Å². The first-order valence-corrected chi connectivity index (χ1v) is 11.7. The Morgan fingerprint density at radius 2 is 1.90 bits per heavy atom. The molecule has 1 aromatic carbocycles. The van der Waals surface area contributed by atoms with Crippen LogP contribution in [0.3, 0.4) is 0 Å². The number of hydrogen-bond acceptors (Lipinski definition) is 8. The Morgan fingerprint density at radius 3 is 2.55 bits per heavy atom. The lowest BCUT2D eigenvalue weighted by atomic mass is 9.91. The van der Waals surface area contributed by atoms with E-state index in [4.69, 9.17) is 11.5 Å². The smallest absolute Gasteiger partial charge is 0.267 e. The van der Waals surface area contributed by atoms with Crippen LogP contribution in [0.1, 0.15) is 49.9 Å². The molecule has 1 aliphatic carbocycles. The van der Waals surface area contributed by atoms with E-state index in [1.54, 1.807) is 26.0 Å². The van der Waals surface area contributed by atoms with Gasteiger partial charge in [-0.1, -0.05) is 25.0 Å². The molecule has 1 amide bonds. The third-order valence-corrected chi connectivity index (χ3v) is 7.58. The fourth-order valence-corrected chi connectivity index (χ4v) is 4.78. The Bertz CT molecular complexity index is 1130. The molecule has 1 fully saturated rings. The quantitative estimate of drug-likeness (QED) is 0.423.